The topological polar surface area (TPSA) is 115 Å². The van der Waals surface area contributed by atoms with E-state index >= 15 is 0 Å². The molecule has 3 aromatic carbocycles. The molecule has 0 bridgehead atoms. The fraction of sp³-hybridized carbons (Fsp3) is 0.296. The third-order valence-corrected chi connectivity index (χ3v) is 7.21. The van der Waals surface area contributed by atoms with Crippen LogP contribution in [-0.4, -0.2) is 48.7 Å². The summed E-state index contributed by atoms with van der Waals surface area (Å²) >= 11 is 0. The van der Waals surface area contributed by atoms with Gasteiger partial charge in [-0.2, -0.15) is 0 Å². The number of carbonyl (C=O) groups excluding carboxylic acids is 1. The zero-order valence-electron chi connectivity index (χ0n) is 19.5. The van der Waals surface area contributed by atoms with E-state index in [1.807, 2.05) is 30.3 Å². The lowest BCUT2D eigenvalue weighted by Gasteiger charge is -2.40. The highest BCUT2D eigenvalue weighted by Crippen LogP contribution is 2.70. The SMILES string of the molecule is COC(=O)C1C(O)C2(O)c3c(OC)cc(O)cc3OC2(c2ccc(OC)cc2)C1c1ccccc1. The van der Waals surface area contributed by atoms with Crippen LogP contribution in [-0.2, 0) is 20.7 Å². The van der Waals surface area contributed by atoms with Gasteiger partial charge in [-0.25, -0.2) is 0 Å². The van der Waals surface area contributed by atoms with E-state index < -0.39 is 35.1 Å². The van der Waals surface area contributed by atoms with Crippen LogP contribution in [0.5, 0.6) is 23.0 Å². The number of ether oxygens (including phenoxy) is 4. The summed E-state index contributed by atoms with van der Waals surface area (Å²) in [5, 5.41) is 34.6. The second kappa shape index (κ2) is 8.18. The van der Waals surface area contributed by atoms with Gasteiger partial charge < -0.3 is 34.3 Å². The highest BCUT2D eigenvalue weighted by Gasteiger charge is 2.78. The predicted molar refractivity (Wildman–Crippen MR) is 125 cm³/mol. The minimum absolute atomic E-state index is 0.120. The summed E-state index contributed by atoms with van der Waals surface area (Å²) in [6.07, 6.45) is -1.64. The van der Waals surface area contributed by atoms with Crippen molar-refractivity contribution >= 4 is 5.97 Å². The molecule has 1 heterocycles. The van der Waals surface area contributed by atoms with Gasteiger partial charge in [0.25, 0.3) is 0 Å². The molecule has 0 amide bonds. The summed E-state index contributed by atoms with van der Waals surface area (Å²) in [6, 6.07) is 18.6. The average Bonchev–Trinajstić information content (AvgIpc) is 3.26. The molecule has 1 aliphatic heterocycles. The summed E-state index contributed by atoms with van der Waals surface area (Å²) in [5.41, 5.74) is -2.52. The van der Waals surface area contributed by atoms with Gasteiger partial charge in [0.2, 0.25) is 0 Å². The number of aromatic hydroxyl groups is 1. The smallest absolute Gasteiger partial charge is 0.312 e. The third kappa shape index (κ3) is 2.96. The number of hydrogen-bond donors (Lipinski definition) is 3. The fourth-order valence-corrected chi connectivity index (χ4v) is 5.79. The van der Waals surface area contributed by atoms with Gasteiger partial charge in [0.15, 0.2) is 11.2 Å². The van der Waals surface area contributed by atoms with Crippen LogP contribution in [0.2, 0.25) is 0 Å². The minimum Gasteiger partial charge on any atom is -0.508 e. The zero-order valence-corrected chi connectivity index (χ0v) is 19.5. The summed E-state index contributed by atoms with van der Waals surface area (Å²) in [5.74, 6) is -2.03. The number of methoxy groups -OCH3 is 3. The number of phenolic OH excluding ortho intramolecular Hbond substituents is 1. The Morgan fingerprint density at radius 1 is 0.971 bits per heavy atom. The number of benzene rings is 3. The van der Waals surface area contributed by atoms with Crippen molar-refractivity contribution in [2.24, 2.45) is 5.92 Å². The number of esters is 1. The van der Waals surface area contributed by atoms with Crippen LogP contribution < -0.4 is 14.2 Å². The molecule has 5 unspecified atom stereocenters. The van der Waals surface area contributed by atoms with E-state index in [2.05, 4.69) is 0 Å². The zero-order chi connectivity index (χ0) is 25.0. The van der Waals surface area contributed by atoms with Crippen molar-refractivity contribution in [1.29, 1.82) is 0 Å². The number of carbonyl (C=O) groups is 1. The van der Waals surface area contributed by atoms with E-state index in [1.54, 1.807) is 31.4 Å². The van der Waals surface area contributed by atoms with Crippen LogP contribution in [0.4, 0.5) is 0 Å². The number of aliphatic hydroxyl groups is 2. The molecule has 35 heavy (non-hydrogen) atoms. The van der Waals surface area contributed by atoms with Crippen LogP contribution >= 0.6 is 0 Å². The monoisotopic (exact) mass is 478 g/mol. The van der Waals surface area contributed by atoms with Gasteiger partial charge in [-0.15, -0.1) is 0 Å². The Bertz CT molecular complexity index is 1260. The predicted octanol–water partition coefficient (Wildman–Crippen LogP) is 2.83. The maximum atomic E-state index is 13.1. The van der Waals surface area contributed by atoms with Crippen molar-refractivity contribution < 1.29 is 39.1 Å². The Balaban J connectivity index is 1.88. The first-order valence-electron chi connectivity index (χ1n) is 11.1. The van der Waals surface area contributed by atoms with E-state index in [0.717, 1.165) is 0 Å². The molecule has 5 rings (SSSR count). The minimum atomic E-state index is -2.14. The lowest BCUT2D eigenvalue weighted by atomic mass is 9.70. The van der Waals surface area contributed by atoms with Crippen molar-refractivity contribution in [3.05, 3.63) is 83.4 Å². The Labute approximate surface area is 202 Å². The van der Waals surface area contributed by atoms with E-state index in [4.69, 9.17) is 18.9 Å². The molecule has 1 fully saturated rings. The second-order valence-electron chi connectivity index (χ2n) is 8.74. The number of hydrogen-bond acceptors (Lipinski definition) is 8. The first kappa shape index (κ1) is 23.0. The molecule has 2 aliphatic rings. The molecule has 0 saturated heterocycles. The standard InChI is InChI=1S/C27H26O8/c1-32-18-11-9-16(10-12-18)27-22(15-7-5-4-6-8-15)21(25(30)34-3)24(29)26(27,31)23-19(33-2)13-17(28)14-20(23)35-27/h4-14,21-22,24,28-29,31H,1-3H3. The quantitative estimate of drug-likeness (QED) is 0.480. The number of phenols is 1. The maximum Gasteiger partial charge on any atom is 0.312 e. The van der Waals surface area contributed by atoms with Gasteiger partial charge in [0, 0.05) is 18.1 Å². The average molecular weight is 478 g/mol. The molecule has 8 nitrogen and oxygen atoms in total. The normalized spacial score (nSPS) is 28.5. The Kier molecular flexibility index (Phi) is 5.38. The van der Waals surface area contributed by atoms with Gasteiger partial charge in [-0.05, 0) is 23.3 Å². The highest BCUT2D eigenvalue weighted by atomic mass is 16.5. The number of aliphatic hydroxyl groups excluding tert-OH is 1. The van der Waals surface area contributed by atoms with Gasteiger partial charge in [0.1, 0.15) is 29.1 Å². The molecular formula is C27H26O8. The maximum absolute atomic E-state index is 13.1. The number of rotatable bonds is 5. The van der Waals surface area contributed by atoms with Gasteiger partial charge in [-0.1, -0.05) is 42.5 Å². The Morgan fingerprint density at radius 3 is 2.26 bits per heavy atom. The largest absolute Gasteiger partial charge is 0.508 e. The van der Waals surface area contributed by atoms with E-state index in [1.165, 1.54) is 26.4 Å². The van der Waals surface area contributed by atoms with Crippen LogP contribution in [0.3, 0.4) is 0 Å². The molecule has 182 valence electrons. The van der Waals surface area contributed by atoms with Crippen LogP contribution in [0.1, 0.15) is 22.6 Å². The molecule has 8 heteroatoms. The summed E-state index contributed by atoms with van der Waals surface area (Å²) < 4.78 is 22.5. The first-order valence-corrected chi connectivity index (χ1v) is 11.1. The lowest BCUT2D eigenvalue weighted by Crippen LogP contribution is -2.52. The highest BCUT2D eigenvalue weighted by molar-refractivity contribution is 5.78. The van der Waals surface area contributed by atoms with Gasteiger partial charge in [0.05, 0.1) is 32.8 Å². The molecule has 1 aliphatic carbocycles. The second-order valence-corrected chi connectivity index (χ2v) is 8.74. The molecule has 3 aromatic rings. The van der Waals surface area contributed by atoms with Crippen molar-refractivity contribution in [2.75, 3.05) is 21.3 Å². The number of fused-ring (bicyclic) bond motifs is 3. The first-order chi connectivity index (χ1) is 16.8. The van der Waals surface area contributed by atoms with Crippen LogP contribution in [0.15, 0.2) is 66.7 Å². The molecule has 0 spiro atoms. The fourth-order valence-electron chi connectivity index (χ4n) is 5.79. The third-order valence-electron chi connectivity index (χ3n) is 7.21. The van der Waals surface area contributed by atoms with Crippen molar-refractivity contribution in [1.82, 2.24) is 0 Å². The van der Waals surface area contributed by atoms with Crippen molar-refractivity contribution in [2.45, 2.75) is 23.2 Å². The molecule has 5 atom stereocenters. The Morgan fingerprint density at radius 2 is 1.66 bits per heavy atom. The van der Waals surface area contributed by atoms with Gasteiger partial charge in [-0.3, -0.25) is 4.79 Å². The summed E-state index contributed by atoms with van der Waals surface area (Å²) in [6.45, 7) is 0. The summed E-state index contributed by atoms with van der Waals surface area (Å²) in [7, 11) is 4.17. The van der Waals surface area contributed by atoms with E-state index in [9.17, 15) is 20.1 Å². The Hall–Kier alpha value is -3.75. The molecule has 0 aromatic heterocycles. The molecule has 3 N–H and O–H groups in total. The molecule has 1 saturated carbocycles. The van der Waals surface area contributed by atoms with Crippen molar-refractivity contribution in [3.8, 4) is 23.0 Å². The van der Waals surface area contributed by atoms with Crippen LogP contribution in [0, 0.1) is 5.92 Å². The van der Waals surface area contributed by atoms with E-state index in [-0.39, 0.29) is 22.8 Å². The summed E-state index contributed by atoms with van der Waals surface area (Å²) in [4.78, 5) is 13.1. The lowest BCUT2D eigenvalue weighted by molar-refractivity contribution is -0.161. The molecule has 0 radical (unpaired) electrons. The van der Waals surface area contributed by atoms with Crippen molar-refractivity contribution in [3.63, 3.8) is 0 Å². The van der Waals surface area contributed by atoms with E-state index in [0.29, 0.717) is 16.9 Å². The van der Waals surface area contributed by atoms with Crippen LogP contribution in [0.25, 0.3) is 0 Å². The van der Waals surface area contributed by atoms with Gasteiger partial charge >= 0.3 is 5.97 Å². The molecular weight excluding hydrogens is 452 g/mol.